The summed E-state index contributed by atoms with van der Waals surface area (Å²) in [5.74, 6) is -1.31. The highest BCUT2D eigenvalue weighted by Gasteiger charge is 2.58. The summed E-state index contributed by atoms with van der Waals surface area (Å²) in [6.45, 7) is 0. The monoisotopic (exact) mass is 225 g/mol. The fraction of sp³-hybridized carbons (Fsp3) is 0.818. The van der Waals surface area contributed by atoms with Crippen molar-refractivity contribution in [3.63, 3.8) is 0 Å². The molecule has 0 spiro atoms. The van der Waals surface area contributed by atoms with E-state index in [9.17, 15) is 9.59 Å². The Hall–Kier alpha value is -1.10. The van der Waals surface area contributed by atoms with Crippen molar-refractivity contribution in [3.05, 3.63) is 0 Å². The molecular formula is C11H15NO4. The van der Waals surface area contributed by atoms with Crippen LogP contribution in [0.15, 0.2) is 0 Å². The van der Waals surface area contributed by atoms with Crippen LogP contribution in [0, 0.1) is 5.41 Å². The molecule has 3 unspecified atom stereocenters. The van der Waals surface area contributed by atoms with E-state index in [2.05, 4.69) is 5.32 Å². The van der Waals surface area contributed by atoms with Gasteiger partial charge in [0.15, 0.2) is 0 Å². The third kappa shape index (κ3) is 1.34. The van der Waals surface area contributed by atoms with Crippen molar-refractivity contribution in [3.8, 4) is 0 Å². The number of nitrogens with one attached hydrogen (secondary N) is 1. The number of hydrogen-bond donors (Lipinski definition) is 2. The first kappa shape index (κ1) is 10.1. The maximum absolute atomic E-state index is 11.9. The van der Waals surface area contributed by atoms with Gasteiger partial charge in [0.05, 0.1) is 18.2 Å². The molecule has 3 aliphatic rings. The number of carboxylic acids is 1. The number of ether oxygens (including phenoxy) is 1. The fourth-order valence-corrected chi connectivity index (χ4v) is 2.76. The summed E-state index contributed by atoms with van der Waals surface area (Å²) < 4.78 is 5.62. The molecule has 0 radical (unpaired) electrons. The molecule has 0 aromatic rings. The normalized spacial score (nSPS) is 38.4. The summed E-state index contributed by atoms with van der Waals surface area (Å²) in [4.78, 5) is 22.8. The molecule has 0 aromatic carbocycles. The van der Waals surface area contributed by atoms with E-state index in [1.54, 1.807) is 0 Å². The van der Waals surface area contributed by atoms with Crippen LogP contribution in [-0.4, -0.2) is 35.2 Å². The van der Waals surface area contributed by atoms with Crippen LogP contribution >= 0.6 is 0 Å². The van der Waals surface area contributed by atoms with E-state index in [0.29, 0.717) is 12.8 Å². The highest BCUT2D eigenvalue weighted by atomic mass is 16.5. The van der Waals surface area contributed by atoms with Crippen molar-refractivity contribution in [2.24, 2.45) is 5.41 Å². The van der Waals surface area contributed by atoms with E-state index in [4.69, 9.17) is 9.84 Å². The van der Waals surface area contributed by atoms with Gasteiger partial charge in [-0.1, -0.05) is 0 Å². The summed E-state index contributed by atoms with van der Waals surface area (Å²) in [5.41, 5.74) is -1.12. The smallest absolute Gasteiger partial charge is 0.319 e. The van der Waals surface area contributed by atoms with E-state index in [1.807, 2.05) is 0 Å². The first-order valence-electron chi connectivity index (χ1n) is 5.82. The second-order valence-electron chi connectivity index (χ2n) is 5.08. The van der Waals surface area contributed by atoms with Gasteiger partial charge in [0.25, 0.3) is 0 Å². The molecule has 2 bridgehead atoms. The van der Waals surface area contributed by atoms with Crippen LogP contribution in [0.3, 0.4) is 0 Å². The van der Waals surface area contributed by atoms with Crippen LogP contribution in [0.5, 0.6) is 0 Å². The Morgan fingerprint density at radius 2 is 2.06 bits per heavy atom. The molecule has 2 heterocycles. The maximum atomic E-state index is 11.9. The van der Waals surface area contributed by atoms with E-state index in [-0.39, 0.29) is 24.2 Å². The molecule has 1 aliphatic carbocycles. The minimum absolute atomic E-state index is 0.0306. The van der Waals surface area contributed by atoms with Gasteiger partial charge in [0.1, 0.15) is 5.41 Å². The summed E-state index contributed by atoms with van der Waals surface area (Å²) >= 11 is 0. The highest BCUT2D eigenvalue weighted by Crippen LogP contribution is 2.46. The van der Waals surface area contributed by atoms with Gasteiger partial charge < -0.3 is 15.2 Å². The highest BCUT2D eigenvalue weighted by molar-refractivity contribution is 6.04. The van der Waals surface area contributed by atoms with Gasteiger partial charge in [-0.15, -0.1) is 0 Å². The number of aliphatic carboxylic acids is 1. The van der Waals surface area contributed by atoms with E-state index in [0.717, 1.165) is 19.3 Å². The third-order valence-corrected chi connectivity index (χ3v) is 4.02. The van der Waals surface area contributed by atoms with Crippen LogP contribution in [0.25, 0.3) is 0 Å². The topological polar surface area (TPSA) is 75.6 Å². The van der Waals surface area contributed by atoms with Crippen LogP contribution in [-0.2, 0) is 14.3 Å². The quantitative estimate of drug-likeness (QED) is 0.677. The van der Waals surface area contributed by atoms with Crippen LogP contribution in [0.2, 0.25) is 0 Å². The van der Waals surface area contributed by atoms with Gasteiger partial charge in [-0.25, -0.2) is 0 Å². The molecule has 1 amide bonds. The fourth-order valence-electron chi connectivity index (χ4n) is 2.76. The summed E-state index contributed by atoms with van der Waals surface area (Å²) in [5, 5.41) is 11.8. The van der Waals surface area contributed by atoms with E-state index >= 15 is 0 Å². The zero-order valence-corrected chi connectivity index (χ0v) is 8.94. The van der Waals surface area contributed by atoms with Crippen LogP contribution in [0.1, 0.15) is 32.1 Å². The molecule has 3 rings (SSSR count). The lowest BCUT2D eigenvalue weighted by atomic mass is 9.94. The van der Waals surface area contributed by atoms with Gasteiger partial charge in [-0.05, 0) is 32.1 Å². The molecule has 2 saturated heterocycles. The van der Waals surface area contributed by atoms with Crippen molar-refractivity contribution < 1.29 is 19.4 Å². The molecule has 3 atom stereocenters. The molecule has 2 N–H and O–H groups in total. The number of amides is 1. The lowest BCUT2D eigenvalue weighted by Gasteiger charge is -2.21. The molecular weight excluding hydrogens is 210 g/mol. The standard InChI is InChI=1S/C11H15NO4/c13-9(11(3-4-11)10(14)15)12-7-5-6-1-2-8(7)16-6/h6-8H,1-5H2,(H,12,13)(H,14,15). The van der Waals surface area contributed by atoms with Crippen molar-refractivity contribution in [1.29, 1.82) is 0 Å². The first-order valence-corrected chi connectivity index (χ1v) is 5.82. The molecule has 88 valence electrons. The molecule has 2 aliphatic heterocycles. The minimum atomic E-state index is -1.12. The van der Waals surface area contributed by atoms with Crippen molar-refractivity contribution >= 4 is 11.9 Å². The molecule has 16 heavy (non-hydrogen) atoms. The zero-order valence-electron chi connectivity index (χ0n) is 8.94. The Morgan fingerprint density at radius 3 is 2.50 bits per heavy atom. The van der Waals surface area contributed by atoms with E-state index < -0.39 is 11.4 Å². The molecule has 5 nitrogen and oxygen atoms in total. The zero-order chi connectivity index (χ0) is 11.3. The molecule has 1 saturated carbocycles. The average Bonchev–Trinajstić information content (AvgIpc) is 2.83. The van der Waals surface area contributed by atoms with Gasteiger partial charge in [0, 0.05) is 0 Å². The first-order chi connectivity index (χ1) is 7.62. The van der Waals surface area contributed by atoms with Crippen molar-refractivity contribution in [2.75, 3.05) is 0 Å². The molecule has 3 fully saturated rings. The number of hydrogen-bond acceptors (Lipinski definition) is 3. The number of carboxylic acid groups (broad SMARTS) is 1. The molecule has 0 aromatic heterocycles. The number of fused-ring (bicyclic) bond motifs is 2. The molecule has 5 heteroatoms. The maximum Gasteiger partial charge on any atom is 0.319 e. The number of carbonyl (C=O) groups excluding carboxylic acids is 1. The number of carbonyl (C=O) groups is 2. The van der Waals surface area contributed by atoms with Gasteiger partial charge in [0.2, 0.25) is 5.91 Å². The lowest BCUT2D eigenvalue weighted by molar-refractivity contribution is -0.149. The van der Waals surface area contributed by atoms with Gasteiger partial charge in [-0.3, -0.25) is 9.59 Å². The Labute approximate surface area is 93.2 Å². The Balaban J connectivity index is 1.63. The second kappa shape index (κ2) is 3.20. The summed E-state index contributed by atoms with van der Waals surface area (Å²) in [6.07, 6.45) is 4.21. The van der Waals surface area contributed by atoms with Gasteiger partial charge in [-0.2, -0.15) is 0 Å². The summed E-state index contributed by atoms with van der Waals surface area (Å²) in [6, 6.07) is 0.0306. The van der Waals surface area contributed by atoms with Crippen molar-refractivity contribution in [1.82, 2.24) is 5.32 Å². The SMILES string of the molecule is O=C(O)C1(C(=O)NC2CC3CCC2O3)CC1. The van der Waals surface area contributed by atoms with E-state index in [1.165, 1.54) is 0 Å². The summed E-state index contributed by atoms with van der Waals surface area (Å²) in [7, 11) is 0. The van der Waals surface area contributed by atoms with Crippen LogP contribution in [0.4, 0.5) is 0 Å². The van der Waals surface area contributed by atoms with Gasteiger partial charge >= 0.3 is 5.97 Å². The Kier molecular flexibility index (Phi) is 2.01. The minimum Gasteiger partial charge on any atom is -0.480 e. The number of rotatable bonds is 3. The largest absolute Gasteiger partial charge is 0.480 e. The average molecular weight is 225 g/mol. The third-order valence-electron chi connectivity index (χ3n) is 4.02. The predicted molar refractivity (Wildman–Crippen MR) is 53.7 cm³/mol. The second-order valence-corrected chi connectivity index (χ2v) is 5.08. The Bertz CT molecular complexity index is 350. The van der Waals surface area contributed by atoms with Crippen molar-refractivity contribution in [2.45, 2.75) is 50.4 Å². The van der Waals surface area contributed by atoms with Crippen LogP contribution < -0.4 is 5.32 Å². The lowest BCUT2D eigenvalue weighted by Crippen LogP contribution is -2.46. The Morgan fingerprint density at radius 1 is 1.31 bits per heavy atom. The predicted octanol–water partition coefficient (Wildman–Crippen LogP) is 0.287.